The first-order chi connectivity index (χ1) is 6.99. The number of phenols is 2. The smallest absolute Gasteiger partial charge is 0.170 e. The Hall–Kier alpha value is -1.84. The SMILES string of the molecule is CCC(=O)c1c(O)ccc(C(C)=O)c1O. The molecule has 0 saturated carbocycles. The van der Waals surface area contributed by atoms with Crippen LogP contribution in [-0.2, 0) is 0 Å². The van der Waals surface area contributed by atoms with E-state index in [0.717, 1.165) is 0 Å². The Morgan fingerprint density at radius 3 is 2.33 bits per heavy atom. The van der Waals surface area contributed by atoms with Gasteiger partial charge in [0.15, 0.2) is 11.6 Å². The summed E-state index contributed by atoms with van der Waals surface area (Å²) in [7, 11) is 0. The van der Waals surface area contributed by atoms with Crippen LogP contribution in [0.2, 0.25) is 0 Å². The molecule has 0 amide bonds. The van der Waals surface area contributed by atoms with Gasteiger partial charge in [-0.15, -0.1) is 0 Å². The Balaban J connectivity index is 3.43. The second kappa shape index (κ2) is 4.13. The number of Topliss-reactive ketones (excluding diaryl/α,β-unsaturated/α-hetero) is 2. The van der Waals surface area contributed by atoms with Crippen LogP contribution in [0.5, 0.6) is 11.5 Å². The summed E-state index contributed by atoms with van der Waals surface area (Å²) in [5.74, 6) is -1.48. The van der Waals surface area contributed by atoms with E-state index in [9.17, 15) is 19.8 Å². The predicted molar refractivity (Wildman–Crippen MR) is 54.4 cm³/mol. The Kier molecular flexibility index (Phi) is 3.09. The van der Waals surface area contributed by atoms with E-state index in [1.807, 2.05) is 0 Å². The molecule has 2 N–H and O–H groups in total. The Morgan fingerprint density at radius 1 is 1.27 bits per heavy atom. The lowest BCUT2D eigenvalue weighted by Crippen LogP contribution is -2.02. The fraction of sp³-hybridized carbons (Fsp3) is 0.273. The largest absolute Gasteiger partial charge is 0.507 e. The Bertz CT molecular complexity index is 421. The van der Waals surface area contributed by atoms with E-state index in [-0.39, 0.29) is 29.1 Å². The minimum absolute atomic E-state index is 0.0459. The van der Waals surface area contributed by atoms with Gasteiger partial charge < -0.3 is 10.2 Å². The van der Waals surface area contributed by atoms with Gasteiger partial charge in [0.1, 0.15) is 17.1 Å². The average molecular weight is 208 g/mol. The molecule has 0 fully saturated rings. The van der Waals surface area contributed by atoms with Crippen LogP contribution in [0.25, 0.3) is 0 Å². The summed E-state index contributed by atoms with van der Waals surface area (Å²) in [5.41, 5.74) is -0.130. The summed E-state index contributed by atoms with van der Waals surface area (Å²) in [6.07, 6.45) is 0.155. The molecule has 1 aromatic rings. The quantitative estimate of drug-likeness (QED) is 0.744. The normalized spacial score (nSPS) is 10.0. The van der Waals surface area contributed by atoms with Gasteiger partial charge in [0.25, 0.3) is 0 Å². The molecule has 0 saturated heterocycles. The number of hydrogen-bond donors (Lipinski definition) is 2. The maximum Gasteiger partial charge on any atom is 0.170 e. The third kappa shape index (κ3) is 1.98. The number of rotatable bonds is 3. The summed E-state index contributed by atoms with van der Waals surface area (Å²) < 4.78 is 0. The summed E-state index contributed by atoms with van der Waals surface area (Å²) in [5, 5.41) is 19.0. The van der Waals surface area contributed by atoms with Crippen molar-refractivity contribution in [1.82, 2.24) is 0 Å². The first kappa shape index (κ1) is 11.2. The zero-order valence-electron chi connectivity index (χ0n) is 8.57. The standard InChI is InChI=1S/C11H12O4/c1-3-8(13)10-9(14)5-4-7(6(2)12)11(10)15/h4-5,14-15H,3H2,1-2H3. The molecule has 0 heterocycles. The Labute approximate surface area is 87.2 Å². The number of carbonyl (C=O) groups excluding carboxylic acids is 2. The molecule has 0 radical (unpaired) electrons. The van der Waals surface area contributed by atoms with Gasteiger partial charge in [0, 0.05) is 6.42 Å². The van der Waals surface area contributed by atoms with Crippen LogP contribution >= 0.6 is 0 Å². The lowest BCUT2D eigenvalue weighted by atomic mass is 10.0. The van der Waals surface area contributed by atoms with Crippen molar-refractivity contribution in [1.29, 1.82) is 0 Å². The fourth-order valence-corrected chi connectivity index (χ4v) is 1.32. The minimum atomic E-state index is -0.436. The van der Waals surface area contributed by atoms with Crippen LogP contribution in [0.3, 0.4) is 0 Å². The van der Waals surface area contributed by atoms with Crippen LogP contribution in [0.4, 0.5) is 0 Å². The topological polar surface area (TPSA) is 74.6 Å². The highest BCUT2D eigenvalue weighted by atomic mass is 16.3. The predicted octanol–water partition coefficient (Wildman–Crippen LogP) is 1.89. The molecule has 0 aliphatic rings. The number of benzene rings is 1. The van der Waals surface area contributed by atoms with E-state index in [0.29, 0.717) is 0 Å². The third-order valence-electron chi connectivity index (χ3n) is 2.14. The summed E-state index contributed by atoms with van der Waals surface area (Å²) in [6.45, 7) is 2.90. The molecule has 80 valence electrons. The van der Waals surface area contributed by atoms with E-state index in [1.165, 1.54) is 19.1 Å². The van der Waals surface area contributed by atoms with E-state index in [4.69, 9.17) is 0 Å². The Morgan fingerprint density at radius 2 is 1.87 bits per heavy atom. The average Bonchev–Trinajstić information content (AvgIpc) is 2.16. The van der Waals surface area contributed by atoms with Crippen molar-refractivity contribution < 1.29 is 19.8 Å². The van der Waals surface area contributed by atoms with Gasteiger partial charge in [-0.25, -0.2) is 0 Å². The van der Waals surface area contributed by atoms with Crippen molar-refractivity contribution in [3.8, 4) is 11.5 Å². The molecule has 0 spiro atoms. The van der Waals surface area contributed by atoms with Crippen LogP contribution < -0.4 is 0 Å². The molecule has 15 heavy (non-hydrogen) atoms. The highest BCUT2D eigenvalue weighted by Gasteiger charge is 2.19. The van der Waals surface area contributed by atoms with Gasteiger partial charge in [-0.05, 0) is 19.1 Å². The molecule has 1 rings (SSSR count). The van der Waals surface area contributed by atoms with Crippen LogP contribution in [0.15, 0.2) is 12.1 Å². The number of phenolic OH excluding ortho intramolecular Hbond substituents is 2. The van der Waals surface area contributed by atoms with Crippen molar-refractivity contribution >= 4 is 11.6 Å². The van der Waals surface area contributed by atoms with Crippen molar-refractivity contribution in [2.45, 2.75) is 20.3 Å². The zero-order chi connectivity index (χ0) is 11.6. The number of carbonyl (C=O) groups is 2. The summed E-state index contributed by atoms with van der Waals surface area (Å²) in [6, 6.07) is 2.53. The van der Waals surface area contributed by atoms with E-state index in [2.05, 4.69) is 0 Å². The van der Waals surface area contributed by atoms with Gasteiger partial charge in [-0.1, -0.05) is 6.92 Å². The minimum Gasteiger partial charge on any atom is -0.507 e. The van der Waals surface area contributed by atoms with Crippen molar-refractivity contribution in [3.63, 3.8) is 0 Å². The summed E-state index contributed by atoms with van der Waals surface area (Å²) in [4.78, 5) is 22.5. The van der Waals surface area contributed by atoms with Gasteiger partial charge >= 0.3 is 0 Å². The highest BCUT2D eigenvalue weighted by molar-refractivity contribution is 6.06. The molecule has 1 aromatic carbocycles. The molecule has 0 unspecified atom stereocenters. The van der Waals surface area contributed by atoms with Crippen molar-refractivity contribution in [2.24, 2.45) is 0 Å². The molecule has 0 aliphatic heterocycles. The second-order valence-corrected chi connectivity index (χ2v) is 3.19. The van der Waals surface area contributed by atoms with Gasteiger partial charge in [0.05, 0.1) is 5.56 Å². The molecule has 0 aliphatic carbocycles. The first-order valence-electron chi connectivity index (χ1n) is 4.58. The van der Waals surface area contributed by atoms with Gasteiger partial charge in [-0.3, -0.25) is 9.59 Å². The highest BCUT2D eigenvalue weighted by Crippen LogP contribution is 2.31. The molecule has 0 bridgehead atoms. The third-order valence-corrected chi connectivity index (χ3v) is 2.14. The molecule has 0 aromatic heterocycles. The van der Waals surface area contributed by atoms with Gasteiger partial charge in [-0.2, -0.15) is 0 Å². The van der Waals surface area contributed by atoms with E-state index >= 15 is 0 Å². The molecular weight excluding hydrogens is 196 g/mol. The van der Waals surface area contributed by atoms with Crippen LogP contribution in [0.1, 0.15) is 41.0 Å². The van der Waals surface area contributed by atoms with Crippen LogP contribution in [0, 0.1) is 0 Å². The molecule has 4 heteroatoms. The second-order valence-electron chi connectivity index (χ2n) is 3.19. The van der Waals surface area contributed by atoms with Crippen LogP contribution in [-0.4, -0.2) is 21.8 Å². The maximum absolute atomic E-state index is 11.4. The van der Waals surface area contributed by atoms with Crippen molar-refractivity contribution in [2.75, 3.05) is 0 Å². The maximum atomic E-state index is 11.4. The first-order valence-corrected chi connectivity index (χ1v) is 4.58. The summed E-state index contributed by atoms with van der Waals surface area (Å²) >= 11 is 0. The number of ketones is 2. The zero-order valence-corrected chi connectivity index (χ0v) is 8.57. The molecular formula is C11H12O4. The molecule has 4 nitrogen and oxygen atoms in total. The van der Waals surface area contributed by atoms with E-state index in [1.54, 1.807) is 6.92 Å². The number of aromatic hydroxyl groups is 2. The molecule has 0 atom stereocenters. The lowest BCUT2D eigenvalue weighted by molar-refractivity contribution is 0.0982. The lowest BCUT2D eigenvalue weighted by Gasteiger charge is -2.08. The van der Waals surface area contributed by atoms with Gasteiger partial charge in [0.2, 0.25) is 0 Å². The number of hydrogen-bond acceptors (Lipinski definition) is 4. The fourth-order valence-electron chi connectivity index (χ4n) is 1.32. The monoisotopic (exact) mass is 208 g/mol. The van der Waals surface area contributed by atoms with Crippen molar-refractivity contribution in [3.05, 3.63) is 23.3 Å². The van der Waals surface area contributed by atoms with E-state index < -0.39 is 11.5 Å².